The van der Waals surface area contributed by atoms with Gasteiger partial charge in [0.05, 0.1) is 25.0 Å². The summed E-state index contributed by atoms with van der Waals surface area (Å²) in [4.78, 5) is 11.1. The Hall–Kier alpha value is -1.73. The van der Waals surface area contributed by atoms with E-state index in [0.717, 1.165) is 15.7 Å². The van der Waals surface area contributed by atoms with Crippen LogP contribution in [0.5, 0.6) is 0 Å². The van der Waals surface area contributed by atoms with E-state index >= 15 is 0 Å². The van der Waals surface area contributed by atoms with Gasteiger partial charge in [-0.15, -0.1) is 5.10 Å². The van der Waals surface area contributed by atoms with Crippen molar-refractivity contribution < 1.29 is 4.79 Å². The minimum Gasteiger partial charge on any atom is -0.349 e. The molecule has 100 valence electrons. The van der Waals surface area contributed by atoms with E-state index in [1.165, 1.54) is 0 Å². The Balaban J connectivity index is 2.14. The standard InChI is InChI=1S/C12H14BrN5O/c1-8-2-3-11(10(13)4-8)18-7-9(16-17-18)6-15-12(19)5-14/h2-4,7H,5-6,14H2,1H3,(H,15,19). The van der Waals surface area contributed by atoms with E-state index < -0.39 is 0 Å². The largest absolute Gasteiger partial charge is 0.349 e. The zero-order chi connectivity index (χ0) is 13.8. The van der Waals surface area contributed by atoms with E-state index in [4.69, 9.17) is 5.73 Å². The Bertz CT molecular complexity index is 596. The zero-order valence-electron chi connectivity index (χ0n) is 10.4. The number of hydrogen-bond donors (Lipinski definition) is 2. The minimum absolute atomic E-state index is 0.0301. The summed E-state index contributed by atoms with van der Waals surface area (Å²) in [6.45, 7) is 2.31. The molecule has 1 heterocycles. The molecule has 1 aromatic heterocycles. The Morgan fingerprint density at radius 3 is 3.00 bits per heavy atom. The third kappa shape index (κ3) is 3.39. The molecule has 0 unspecified atom stereocenters. The summed E-state index contributed by atoms with van der Waals surface area (Å²) in [5.41, 5.74) is 7.94. The van der Waals surface area contributed by atoms with Crippen LogP contribution in [0.4, 0.5) is 0 Å². The lowest BCUT2D eigenvalue weighted by molar-refractivity contribution is -0.119. The first kappa shape index (κ1) is 13.7. The van der Waals surface area contributed by atoms with Crippen LogP contribution in [0, 0.1) is 6.92 Å². The van der Waals surface area contributed by atoms with Gasteiger partial charge in [0.2, 0.25) is 5.91 Å². The Morgan fingerprint density at radius 1 is 1.53 bits per heavy atom. The number of carbonyl (C=O) groups is 1. The van der Waals surface area contributed by atoms with Gasteiger partial charge >= 0.3 is 0 Å². The lowest BCUT2D eigenvalue weighted by atomic mass is 10.2. The highest BCUT2D eigenvalue weighted by Crippen LogP contribution is 2.21. The number of nitrogens with one attached hydrogen (secondary N) is 1. The predicted octanol–water partition coefficient (Wildman–Crippen LogP) is 0.913. The zero-order valence-corrected chi connectivity index (χ0v) is 12.0. The summed E-state index contributed by atoms with van der Waals surface area (Å²) in [7, 11) is 0. The molecule has 2 aromatic rings. The van der Waals surface area contributed by atoms with Gasteiger partial charge in [-0.3, -0.25) is 4.79 Å². The number of aryl methyl sites for hydroxylation is 1. The monoisotopic (exact) mass is 323 g/mol. The van der Waals surface area contributed by atoms with Gasteiger partial charge < -0.3 is 11.1 Å². The van der Waals surface area contributed by atoms with Crippen molar-refractivity contribution in [2.24, 2.45) is 5.73 Å². The molecule has 1 amide bonds. The minimum atomic E-state index is -0.217. The maximum atomic E-state index is 11.1. The van der Waals surface area contributed by atoms with Crippen LogP contribution in [0.3, 0.4) is 0 Å². The topological polar surface area (TPSA) is 85.8 Å². The Kier molecular flexibility index (Phi) is 4.28. The van der Waals surface area contributed by atoms with E-state index in [1.54, 1.807) is 10.9 Å². The second-order valence-electron chi connectivity index (χ2n) is 4.09. The first-order valence-corrected chi connectivity index (χ1v) is 6.54. The lowest BCUT2D eigenvalue weighted by Crippen LogP contribution is -2.29. The van der Waals surface area contributed by atoms with Crippen LogP contribution in [0.1, 0.15) is 11.3 Å². The lowest BCUT2D eigenvalue weighted by Gasteiger charge is -2.04. The molecule has 0 aliphatic heterocycles. The molecule has 6 nitrogen and oxygen atoms in total. The van der Waals surface area contributed by atoms with Gasteiger partial charge in [0.1, 0.15) is 5.69 Å². The molecule has 0 radical (unpaired) electrons. The Morgan fingerprint density at radius 2 is 2.32 bits per heavy atom. The normalized spacial score (nSPS) is 10.5. The van der Waals surface area contributed by atoms with Crippen molar-refractivity contribution >= 4 is 21.8 Å². The van der Waals surface area contributed by atoms with Crippen LogP contribution in [0.2, 0.25) is 0 Å². The molecule has 0 saturated carbocycles. The summed E-state index contributed by atoms with van der Waals surface area (Å²) in [5, 5.41) is 10.7. The molecule has 0 aliphatic carbocycles. The molecule has 0 bridgehead atoms. The van der Waals surface area contributed by atoms with Crippen molar-refractivity contribution in [2.45, 2.75) is 13.5 Å². The van der Waals surface area contributed by atoms with E-state index in [9.17, 15) is 4.79 Å². The summed E-state index contributed by atoms with van der Waals surface area (Å²) >= 11 is 3.49. The second kappa shape index (κ2) is 5.94. The maximum absolute atomic E-state index is 11.1. The van der Waals surface area contributed by atoms with Crippen LogP contribution < -0.4 is 11.1 Å². The highest BCUT2D eigenvalue weighted by atomic mass is 79.9. The summed E-state index contributed by atoms with van der Waals surface area (Å²) in [6, 6.07) is 5.96. The summed E-state index contributed by atoms with van der Waals surface area (Å²) in [5.74, 6) is -0.217. The number of carbonyl (C=O) groups excluding carboxylic acids is 1. The van der Waals surface area contributed by atoms with Gasteiger partial charge in [0.25, 0.3) is 0 Å². The van der Waals surface area contributed by atoms with Crippen molar-refractivity contribution in [1.29, 1.82) is 0 Å². The number of halogens is 1. The molecule has 0 atom stereocenters. The highest BCUT2D eigenvalue weighted by molar-refractivity contribution is 9.10. The second-order valence-corrected chi connectivity index (χ2v) is 4.94. The van der Waals surface area contributed by atoms with Crippen molar-refractivity contribution in [3.8, 4) is 5.69 Å². The number of rotatable bonds is 4. The van der Waals surface area contributed by atoms with Gasteiger partial charge in [0, 0.05) is 4.47 Å². The molecule has 0 aliphatic rings. The van der Waals surface area contributed by atoms with Gasteiger partial charge in [-0.05, 0) is 40.5 Å². The number of amides is 1. The van der Waals surface area contributed by atoms with Crippen molar-refractivity contribution in [3.63, 3.8) is 0 Å². The summed E-state index contributed by atoms with van der Waals surface area (Å²) < 4.78 is 2.60. The highest BCUT2D eigenvalue weighted by Gasteiger charge is 2.07. The quantitative estimate of drug-likeness (QED) is 0.875. The van der Waals surface area contributed by atoms with Crippen LogP contribution in [0.25, 0.3) is 5.69 Å². The SMILES string of the molecule is Cc1ccc(-n2cc(CNC(=O)CN)nn2)c(Br)c1. The fourth-order valence-corrected chi connectivity index (χ4v) is 2.23. The van der Waals surface area contributed by atoms with Crippen molar-refractivity contribution in [2.75, 3.05) is 6.54 Å². The molecular weight excluding hydrogens is 310 g/mol. The number of nitrogens with zero attached hydrogens (tertiary/aromatic N) is 3. The van der Waals surface area contributed by atoms with Gasteiger partial charge in [-0.2, -0.15) is 0 Å². The number of hydrogen-bond acceptors (Lipinski definition) is 4. The molecule has 0 fully saturated rings. The van der Waals surface area contributed by atoms with Crippen LogP contribution in [-0.4, -0.2) is 27.4 Å². The average Bonchev–Trinajstić information content (AvgIpc) is 2.84. The van der Waals surface area contributed by atoms with Gasteiger partial charge in [-0.25, -0.2) is 4.68 Å². The molecule has 2 rings (SSSR count). The third-order valence-electron chi connectivity index (χ3n) is 2.54. The summed E-state index contributed by atoms with van der Waals surface area (Å²) in [6.07, 6.45) is 1.77. The van der Waals surface area contributed by atoms with Crippen molar-refractivity contribution in [1.82, 2.24) is 20.3 Å². The van der Waals surface area contributed by atoms with Crippen LogP contribution in [0.15, 0.2) is 28.9 Å². The number of nitrogens with two attached hydrogens (primary N) is 1. The van der Waals surface area contributed by atoms with E-state index in [2.05, 4.69) is 31.6 Å². The van der Waals surface area contributed by atoms with Crippen LogP contribution >= 0.6 is 15.9 Å². The molecular formula is C12H14BrN5O. The van der Waals surface area contributed by atoms with Gasteiger partial charge in [0.15, 0.2) is 0 Å². The molecule has 19 heavy (non-hydrogen) atoms. The molecule has 3 N–H and O–H groups in total. The fourth-order valence-electron chi connectivity index (χ4n) is 1.56. The molecule has 0 spiro atoms. The smallest absolute Gasteiger partial charge is 0.234 e. The molecule has 0 saturated heterocycles. The third-order valence-corrected chi connectivity index (χ3v) is 3.18. The predicted molar refractivity (Wildman–Crippen MR) is 74.7 cm³/mol. The average molecular weight is 324 g/mol. The first-order valence-electron chi connectivity index (χ1n) is 5.74. The molecule has 1 aromatic carbocycles. The van der Waals surface area contributed by atoms with Crippen LogP contribution in [-0.2, 0) is 11.3 Å². The fraction of sp³-hybridized carbons (Fsp3) is 0.250. The van der Waals surface area contributed by atoms with Crippen molar-refractivity contribution in [3.05, 3.63) is 40.1 Å². The van der Waals surface area contributed by atoms with Gasteiger partial charge in [-0.1, -0.05) is 11.3 Å². The van der Waals surface area contributed by atoms with E-state index in [-0.39, 0.29) is 12.5 Å². The number of aromatic nitrogens is 3. The van der Waals surface area contributed by atoms with E-state index in [0.29, 0.717) is 12.2 Å². The van der Waals surface area contributed by atoms with E-state index in [1.807, 2.05) is 25.1 Å². The number of benzene rings is 1. The molecule has 7 heteroatoms. The first-order chi connectivity index (χ1) is 9.10. The Labute approximate surface area is 119 Å². The maximum Gasteiger partial charge on any atom is 0.234 e.